The highest BCUT2D eigenvalue weighted by atomic mass is 28.3. The van der Waals surface area contributed by atoms with Crippen molar-refractivity contribution in [3.63, 3.8) is 0 Å². The summed E-state index contributed by atoms with van der Waals surface area (Å²) in [6.45, 7) is 6.72. The van der Waals surface area contributed by atoms with Gasteiger partial charge in [-0.2, -0.15) is 5.10 Å². The Morgan fingerprint density at radius 3 is 2.70 bits per heavy atom. The maximum atomic E-state index is 11.5. The van der Waals surface area contributed by atoms with Crippen molar-refractivity contribution in [1.29, 1.82) is 0 Å². The number of hydrogen-bond donors (Lipinski definition) is 1. The normalized spacial score (nSPS) is 13.0. The Kier molecular flexibility index (Phi) is 5.40. The van der Waals surface area contributed by atoms with E-state index in [2.05, 4.69) is 34.6 Å². The van der Waals surface area contributed by atoms with E-state index < -0.39 is 25.2 Å². The standard InChI is InChI=1S/C11H19N3O5Si/c1-18-11(15)9-8(7-12-13-9)10(14(16)17)19-5-6-20(2,3)4/h7,10H,5-6H2,1-4H3,(H,12,13). The molecule has 112 valence electrons. The van der Waals surface area contributed by atoms with E-state index in [9.17, 15) is 14.9 Å². The van der Waals surface area contributed by atoms with Crippen molar-refractivity contribution in [2.75, 3.05) is 13.7 Å². The SMILES string of the molecule is COC(=O)c1n[nH]cc1C(OCC[Si](C)(C)C)[N+](=O)[O-]. The van der Waals surface area contributed by atoms with Gasteiger partial charge in [-0.25, -0.2) is 4.79 Å². The lowest BCUT2D eigenvalue weighted by Crippen LogP contribution is -2.24. The van der Waals surface area contributed by atoms with Gasteiger partial charge >= 0.3 is 12.2 Å². The van der Waals surface area contributed by atoms with Crippen LogP contribution in [0.2, 0.25) is 25.7 Å². The smallest absolute Gasteiger partial charge is 0.359 e. The number of nitrogens with one attached hydrogen (secondary N) is 1. The molecule has 1 aromatic rings. The zero-order chi connectivity index (χ0) is 15.3. The third-order valence-corrected chi connectivity index (χ3v) is 4.34. The molecule has 1 aromatic heterocycles. The number of aromatic nitrogens is 2. The van der Waals surface area contributed by atoms with Crippen LogP contribution in [0.25, 0.3) is 0 Å². The van der Waals surface area contributed by atoms with Crippen LogP contribution in [0.5, 0.6) is 0 Å². The average Bonchev–Trinajstić information content (AvgIpc) is 2.80. The molecule has 0 radical (unpaired) electrons. The maximum Gasteiger partial charge on any atom is 0.359 e. The van der Waals surface area contributed by atoms with Crippen molar-refractivity contribution >= 4 is 14.0 Å². The minimum atomic E-state index is -1.42. The van der Waals surface area contributed by atoms with Crippen LogP contribution in [0.3, 0.4) is 0 Å². The molecule has 0 aliphatic heterocycles. The largest absolute Gasteiger partial charge is 0.464 e. The van der Waals surface area contributed by atoms with Gasteiger partial charge in [0, 0.05) is 14.3 Å². The van der Waals surface area contributed by atoms with Gasteiger partial charge in [0.2, 0.25) is 0 Å². The van der Waals surface area contributed by atoms with E-state index in [-0.39, 0.29) is 17.9 Å². The Balaban J connectivity index is 2.84. The highest BCUT2D eigenvalue weighted by Gasteiger charge is 2.32. The molecular formula is C11H19N3O5Si. The minimum absolute atomic E-state index is 0.0809. The van der Waals surface area contributed by atoms with Crippen LogP contribution in [0.1, 0.15) is 22.3 Å². The number of carbonyl (C=O) groups is 1. The van der Waals surface area contributed by atoms with Crippen LogP contribution in [0, 0.1) is 10.1 Å². The van der Waals surface area contributed by atoms with E-state index in [1.165, 1.54) is 13.3 Å². The number of nitrogens with zero attached hydrogens (tertiary/aromatic N) is 2. The van der Waals surface area contributed by atoms with Gasteiger partial charge < -0.3 is 9.47 Å². The first-order valence-electron chi connectivity index (χ1n) is 6.13. The second-order valence-electron chi connectivity index (χ2n) is 5.50. The zero-order valence-electron chi connectivity index (χ0n) is 12.0. The van der Waals surface area contributed by atoms with Crippen LogP contribution in [-0.4, -0.2) is 42.9 Å². The van der Waals surface area contributed by atoms with Gasteiger partial charge in [-0.1, -0.05) is 19.6 Å². The summed E-state index contributed by atoms with van der Waals surface area (Å²) in [5.74, 6) is -0.734. The molecule has 0 aliphatic rings. The number of rotatable bonds is 7. The van der Waals surface area contributed by atoms with Crippen molar-refractivity contribution in [1.82, 2.24) is 10.2 Å². The molecule has 0 saturated carbocycles. The van der Waals surface area contributed by atoms with Crippen molar-refractivity contribution in [3.8, 4) is 0 Å². The Hall–Kier alpha value is -1.74. The van der Waals surface area contributed by atoms with Crippen LogP contribution < -0.4 is 0 Å². The monoisotopic (exact) mass is 301 g/mol. The Morgan fingerprint density at radius 2 is 2.20 bits per heavy atom. The van der Waals surface area contributed by atoms with Crippen molar-refractivity contribution in [2.45, 2.75) is 31.9 Å². The number of H-pyrrole nitrogens is 1. The van der Waals surface area contributed by atoms with Crippen molar-refractivity contribution < 1.29 is 19.2 Å². The molecule has 1 N–H and O–H groups in total. The number of ether oxygens (including phenoxy) is 2. The lowest BCUT2D eigenvalue weighted by Gasteiger charge is -2.16. The Morgan fingerprint density at radius 1 is 1.55 bits per heavy atom. The van der Waals surface area contributed by atoms with E-state index in [0.717, 1.165) is 6.04 Å². The Labute approximate surface area is 117 Å². The molecule has 0 aliphatic carbocycles. The van der Waals surface area contributed by atoms with E-state index in [0.29, 0.717) is 0 Å². The number of aromatic amines is 1. The van der Waals surface area contributed by atoms with E-state index in [1.807, 2.05) is 0 Å². The van der Waals surface area contributed by atoms with Gasteiger partial charge in [-0.3, -0.25) is 15.2 Å². The van der Waals surface area contributed by atoms with Crippen LogP contribution in [0.15, 0.2) is 6.20 Å². The molecule has 1 unspecified atom stereocenters. The van der Waals surface area contributed by atoms with Crippen LogP contribution in [-0.2, 0) is 9.47 Å². The van der Waals surface area contributed by atoms with Gasteiger partial charge in [0.1, 0.15) is 5.56 Å². The molecule has 1 rings (SSSR count). The first-order chi connectivity index (χ1) is 9.26. The van der Waals surface area contributed by atoms with E-state index in [1.54, 1.807) is 0 Å². The number of esters is 1. The molecule has 1 heterocycles. The molecule has 0 fully saturated rings. The van der Waals surface area contributed by atoms with Crippen molar-refractivity contribution in [2.24, 2.45) is 0 Å². The number of nitro groups is 1. The van der Waals surface area contributed by atoms with Gasteiger partial charge in [0.05, 0.1) is 18.6 Å². The molecule has 0 bridgehead atoms. The van der Waals surface area contributed by atoms with E-state index >= 15 is 0 Å². The van der Waals surface area contributed by atoms with Gasteiger partial charge in [0.15, 0.2) is 5.69 Å². The topological polar surface area (TPSA) is 107 Å². The summed E-state index contributed by atoms with van der Waals surface area (Å²) in [6.07, 6.45) is -0.131. The van der Waals surface area contributed by atoms with Crippen molar-refractivity contribution in [3.05, 3.63) is 27.6 Å². The van der Waals surface area contributed by atoms with Gasteiger partial charge in [0.25, 0.3) is 0 Å². The molecule has 0 aromatic carbocycles. The average molecular weight is 301 g/mol. The predicted molar refractivity (Wildman–Crippen MR) is 73.8 cm³/mol. The summed E-state index contributed by atoms with van der Waals surface area (Å²) in [5, 5.41) is 17.2. The molecule has 0 amide bonds. The first kappa shape index (κ1) is 16.3. The summed E-state index contributed by atoms with van der Waals surface area (Å²) in [5.41, 5.74) is -0.0420. The maximum absolute atomic E-state index is 11.5. The lowest BCUT2D eigenvalue weighted by atomic mass is 10.2. The molecule has 8 nitrogen and oxygen atoms in total. The second-order valence-corrected chi connectivity index (χ2v) is 11.1. The summed E-state index contributed by atoms with van der Waals surface area (Å²) in [6, 6.07) is 0.794. The quantitative estimate of drug-likeness (QED) is 0.271. The summed E-state index contributed by atoms with van der Waals surface area (Å²) >= 11 is 0. The summed E-state index contributed by atoms with van der Waals surface area (Å²) < 4.78 is 9.86. The first-order valence-corrected chi connectivity index (χ1v) is 9.84. The molecule has 9 heteroatoms. The fourth-order valence-corrected chi connectivity index (χ4v) is 2.22. The molecule has 1 atom stereocenters. The number of carbonyl (C=O) groups excluding carboxylic acids is 1. The number of hydrogen-bond acceptors (Lipinski definition) is 6. The fraction of sp³-hybridized carbons (Fsp3) is 0.636. The fourth-order valence-electron chi connectivity index (χ4n) is 1.49. The lowest BCUT2D eigenvalue weighted by molar-refractivity contribution is -0.583. The third-order valence-electron chi connectivity index (χ3n) is 2.63. The summed E-state index contributed by atoms with van der Waals surface area (Å²) in [4.78, 5) is 22.0. The van der Waals surface area contributed by atoms with Gasteiger partial charge in [-0.15, -0.1) is 0 Å². The molecule has 20 heavy (non-hydrogen) atoms. The predicted octanol–water partition coefficient (Wildman–Crippen LogP) is 1.83. The van der Waals surface area contributed by atoms with Crippen LogP contribution >= 0.6 is 0 Å². The molecular weight excluding hydrogens is 282 g/mol. The zero-order valence-corrected chi connectivity index (χ0v) is 13.0. The third kappa shape index (κ3) is 4.42. The Bertz CT molecular complexity index is 483. The minimum Gasteiger partial charge on any atom is -0.464 e. The second kappa shape index (κ2) is 6.62. The van der Waals surface area contributed by atoms with Gasteiger partial charge in [-0.05, 0) is 6.04 Å². The molecule has 0 spiro atoms. The summed E-state index contributed by atoms with van der Waals surface area (Å²) in [7, 11) is -0.160. The molecule has 0 saturated heterocycles. The number of methoxy groups -OCH3 is 1. The highest BCUT2D eigenvalue weighted by molar-refractivity contribution is 6.76. The highest BCUT2D eigenvalue weighted by Crippen LogP contribution is 2.22. The van der Waals surface area contributed by atoms with E-state index in [4.69, 9.17) is 4.74 Å². The van der Waals surface area contributed by atoms with Crippen LogP contribution in [0.4, 0.5) is 0 Å².